The van der Waals surface area contributed by atoms with Crippen LogP contribution >= 0.6 is 0 Å². The molecule has 0 saturated heterocycles. The van der Waals surface area contributed by atoms with Crippen LogP contribution in [0.5, 0.6) is 5.88 Å². The molecule has 0 aromatic carbocycles. The molecule has 0 aliphatic carbocycles. The fourth-order valence-corrected chi connectivity index (χ4v) is 2.46. The first kappa shape index (κ1) is 25.2. The number of alkyl halides is 5. The van der Waals surface area contributed by atoms with E-state index in [2.05, 4.69) is 44.4 Å². The molecule has 2 heterocycles. The van der Waals surface area contributed by atoms with Crippen molar-refractivity contribution in [3.63, 3.8) is 0 Å². The number of hydrogen-bond acceptors (Lipinski definition) is 6. The van der Waals surface area contributed by atoms with Gasteiger partial charge in [-0.05, 0) is 43.5 Å². The number of anilines is 1. The number of nitrogens with one attached hydrogen (secondary N) is 2. The van der Waals surface area contributed by atoms with Gasteiger partial charge in [-0.1, -0.05) is 13.8 Å². The largest absolute Gasteiger partial charge is 0.470 e. The van der Waals surface area contributed by atoms with Gasteiger partial charge in [0.25, 0.3) is 5.91 Å². The molecule has 0 spiro atoms. The SMILES string of the molecule is Cc1cc(C(C)NC(=O)c2ccc(OCC(F)(F)C(F)(F)F)nn2)cc(NCC(C)C)n1. The van der Waals surface area contributed by atoms with Crippen LogP contribution < -0.4 is 15.4 Å². The number of carbonyl (C=O) groups excluding carboxylic acids is 1. The normalized spacial score (nSPS) is 13.1. The molecule has 7 nitrogen and oxygen atoms in total. The van der Waals surface area contributed by atoms with Crippen LogP contribution in [0.1, 0.15) is 48.6 Å². The van der Waals surface area contributed by atoms with E-state index in [0.29, 0.717) is 11.7 Å². The smallest absolute Gasteiger partial charge is 0.456 e. The van der Waals surface area contributed by atoms with Crippen molar-refractivity contribution in [2.75, 3.05) is 18.5 Å². The predicted molar refractivity (Wildman–Crippen MR) is 107 cm³/mol. The highest BCUT2D eigenvalue weighted by atomic mass is 19.4. The summed E-state index contributed by atoms with van der Waals surface area (Å²) in [5.74, 6) is -5.12. The highest BCUT2D eigenvalue weighted by Gasteiger charge is 2.58. The van der Waals surface area contributed by atoms with Crippen molar-refractivity contribution < 1.29 is 31.5 Å². The van der Waals surface area contributed by atoms with Gasteiger partial charge in [0.1, 0.15) is 5.82 Å². The maximum atomic E-state index is 12.9. The summed E-state index contributed by atoms with van der Waals surface area (Å²) in [5, 5.41) is 12.9. The third-order valence-electron chi connectivity index (χ3n) is 4.20. The van der Waals surface area contributed by atoms with Gasteiger partial charge in [-0.2, -0.15) is 22.0 Å². The number of halogens is 5. The van der Waals surface area contributed by atoms with E-state index < -0.39 is 36.5 Å². The predicted octanol–water partition coefficient (Wildman–Crippen LogP) is 4.32. The maximum absolute atomic E-state index is 12.9. The standard InChI is InChI=1S/C20H24F5N5O2/c1-11(2)9-26-16-8-14(7-12(3)27-16)13(4)28-18(31)15-5-6-17(30-29-15)32-10-19(21,22)20(23,24)25/h5-8,11,13H,9-10H2,1-4H3,(H,26,27)(H,28,31). The number of pyridine rings is 1. The second-order valence-electron chi connectivity index (χ2n) is 7.64. The van der Waals surface area contributed by atoms with E-state index in [4.69, 9.17) is 0 Å². The van der Waals surface area contributed by atoms with Gasteiger partial charge in [0.05, 0.1) is 6.04 Å². The number of nitrogens with zero attached hydrogens (tertiary/aromatic N) is 3. The van der Waals surface area contributed by atoms with Gasteiger partial charge in [-0.15, -0.1) is 10.2 Å². The van der Waals surface area contributed by atoms with Crippen LogP contribution in [-0.2, 0) is 0 Å². The maximum Gasteiger partial charge on any atom is 0.456 e. The Morgan fingerprint density at radius 3 is 2.34 bits per heavy atom. The zero-order valence-corrected chi connectivity index (χ0v) is 17.9. The number of amides is 1. The Morgan fingerprint density at radius 1 is 1.09 bits per heavy atom. The second kappa shape index (κ2) is 10.0. The van der Waals surface area contributed by atoms with Crippen molar-refractivity contribution in [1.82, 2.24) is 20.5 Å². The lowest BCUT2D eigenvalue weighted by Gasteiger charge is -2.19. The number of carbonyl (C=O) groups is 1. The molecule has 0 aliphatic heterocycles. The summed E-state index contributed by atoms with van der Waals surface area (Å²) in [6.07, 6.45) is -5.74. The number of aryl methyl sites for hydroxylation is 1. The minimum absolute atomic E-state index is 0.157. The van der Waals surface area contributed by atoms with Crippen molar-refractivity contribution in [2.45, 2.75) is 45.8 Å². The minimum Gasteiger partial charge on any atom is -0.470 e. The van der Waals surface area contributed by atoms with Crippen LogP contribution in [0, 0.1) is 12.8 Å². The topological polar surface area (TPSA) is 89.0 Å². The lowest BCUT2D eigenvalue weighted by atomic mass is 10.1. The summed E-state index contributed by atoms with van der Waals surface area (Å²) in [4.78, 5) is 16.8. The lowest BCUT2D eigenvalue weighted by Crippen LogP contribution is -2.41. The van der Waals surface area contributed by atoms with E-state index >= 15 is 0 Å². The third-order valence-corrected chi connectivity index (χ3v) is 4.20. The van der Waals surface area contributed by atoms with Crippen molar-refractivity contribution in [3.8, 4) is 5.88 Å². The van der Waals surface area contributed by atoms with Crippen molar-refractivity contribution in [1.29, 1.82) is 0 Å². The summed E-state index contributed by atoms with van der Waals surface area (Å²) < 4.78 is 66.7. The number of aromatic nitrogens is 3. The van der Waals surface area contributed by atoms with Crippen molar-refractivity contribution >= 4 is 11.7 Å². The molecule has 0 fully saturated rings. The Labute approximate surface area is 181 Å². The molecular formula is C20H24F5N5O2. The molecule has 32 heavy (non-hydrogen) atoms. The van der Waals surface area contributed by atoms with Gasteiger partial charge in [0.2, 0.25) is 5.88 Å². The molecule has 1 unspecified atom stereocenters. The van der Waals surface area contributed by atoms with Gasteiger partial charge < -0.3 is 15.4 Å². The summed E-state index contributed by atoms with van der Waals surface area (Å²) in [7, 11) is 0. The van der Waals surface area contributed by atoms with Gasteiger partial charge >= 0.3 is 12.1 Å². The highest BCUT2D eigenvalue weighted by molar-refractivity contribution is 5.92. The average molecular weight is 461 g/mol. The average Bonchev–Trinajstić information content (AvgIpc) is 2.70. The monoisotopic (exact) mass is 461 g/mol. The molecule has 0 aliphatic rings. The number of ether oxygens (including phenoxy) is 1. The zero-order valence-electron chi connectivity index (χ0n) is 17.9. The molecule has 1 amide bonds. The van der Waals surface area contributed by atoms with Gasteiger partial charge in [0.15, 0.2) is 12.3 Å². The zero-order chi connectivity index (χ0) is 24.1. The fourth-order valence-electron chi connectivity index (χ4n) is 2.46. The molecule has 12 heteroatoms. The van der Waals surface area contributed by atoms with E-state index in [1.54, 1.807) is 6.92 Å². The third kappa shape index (κ3) is 6.99. The van der Waals surface area contributed by atoms with Crippen LogP contribution in [0.25, 0.3) is 0 Å². The van der Waals surface area contributed by atoms with Crippen LogP contribution in [-0.4, -0.2) is 46.3 Å². The van der Waals surface area contributed by atoms with Gasteiger partial charge in [-0.3, -0.25) is 4.79 Å². The summed E-state index contributed by atoms with van der Waals surface area (Å²) in [6, 6.07) is 5.30. The molecule has 0 saturated carbocycles. The molecule has 2 aromatic rings. The molecule has 0 bridgehead atoms. The number of rotatable bonds is 9. The minimum atomic E-state index is -5.74. The van der Waals surface area contributed by atoms with Crippen LogP contribution in [0.15, 0.2) is 24.3 Å². The Balaban J connectivity index is 2.00. The quantitative estimate of drug-likeness (QED) is 0.541. The first-order valence-electron chi connectivity index (χ1n) is 9.73. The van der Waals surface area contributed by atoms with E-state index in [1.165, 1.54) is 0 Å². The van der Waals surface area contributed by atoms with E-state index in [-0.39, 0.29) is 5.69 Å². The van der Waals surface area contributed by atoms with Gasteiger partial charge in [0, 0.05) is 18.3 Å². The highest BCUT2D eigenvalue weighted by Crippen LogP contribution is 2.35. The number of hydrogen-bond donors (Lipinski definition) is 2. The molecule has 176 valence electrons. The van der Waals surface area contributed by atoms with E-state index in [9.17, 15) is 26.7 Å². The Hall–Kier alpha value is -3.05. The molecule has 1 atom stereocenters. The van der Waals surface area contributed by atoms with Crippen molar-refractivity contribution in [2.24, 2.45) is 5.92 Å². The Morgan fingerprint density at radius 2 is 1.78 bits per heavy atom. The molecular weight excluding hydrogens is 437 g/mol. The second-order valence-corrected chi connectivity index (χ2v) is 7.64. The first-order chi connectivity index (χ1) is 14.8. The first-order valence-corrected chi connectivity index (χ1v) is 9.73. The molecule has 2 N–H and O–H groups in total. The lowest BCUT2D eigenvalue weighted by molar-refractivity contribution is -0.290. The van der Waals surface area contributed by atoms with Crippen LogP contribution in [0.3, 0.4) is 0 Å². The van der Waals surface area contributed by atoms with Crippen molar-refractivity contribution in [3.05, 3.63) is 41.2 Å². The van der Waals surface area contributed by atoms with Crippen LogP contribution in [0.2, 0.25) is 0 Å². The summed E-state index contributed by atoms with van der Waals surface area (Å²) in [6.45, 7) is 6.49. The van der Waals surface area contributed by atoms with E-state index in [0.717, 1.165) is 29.9 Å². The fraction of sp³-hybridized carbons (Fsp3) is 0.500. The molecule has 2 aromatic heterocycles. The van der Waals surface area contributed by atoms with E-state index in [1.807, 2.05) is 19.1 Å². The molecule has 0 radical (unpaired) electrons. The summed E-state index contributed by atoms with van der Waals surface area (Å²) in [5.41, 5.74) is 1.39. The van der Waals surface area contributed by atoms with Crippen LogP contribution in [0.4, 0.5) is 27.8 Å². The summed E-state index contributed by atoms with van der Waals surface area (Å²) >= 11 is 0. The Kier molecular flexibility index (Phi) is 7.92. The van der Waals surface area contributed by atoms with Gasteiger partial charge in [-0.25, -0.2) is 4.98 Å². The Bertz CT molecular complexity index is 920. The molecule has 2 rings (SSSR count).